The number of amides is 3. The van der Waals surface area contributed by atoms with Crippen LogP contribution in [0.5, 0.6) is 17.2 Å². The highest BCUT2D eigenvalue weighted by molar-refractivity contribution is 5.94. The zero-order chi connectivity index (χ0) is 63.0. The van der Waals surface area contributed by atoms with Gasteiger partial charge in [0.25, 0.3) is 5.56 Å². The molecule has 4 aromatic carbocycles. The maximum Gasteiger partial charge on any atom is 0.410 e. The first kappa shape index (κ1) is 60.6. The van der Waals surface area contributed by atoms with E-state index in [9.17, 15) is 48.3 Å². The van der Waals surface area contributed by atoms with Crippen LogP contribution in [0.15, 0.2) is 89.7 Å². The second kappa shape index (κ2) is 25.0. The first-order valence-electron chi connectivity index (χ1n) is 28.6. The Hall–Kier alpha value is -10.1. The highest BCUT2D eigenvalue weighted by Crippen LogP contribution is 2.46. The molecule has 0 unspecified atom stereocenters. The molecule has 2 aromatic heterocycles. The van der Waals surface area contributed by atoms with Crippen LogP contribution in [0, 0.1) is 0 Å². The van der Waals surface area contributed by atoms with E-state index in [4.69, 9.17) is 57.1 Å². The molecular weight excluding hydrogens is 1160 g/mol. The molecule has 3 N–H and O–H groups in total. The lowest BCUT2D eigenvalue weighted by Crippen LogP contribution is -2.64. The van der Waals surface area contributed by atoms with Gasteiger partial charge in [0.05, 0.1) is 48.4 Å². The summed E-state index contributed by atoms with van der Waals surface area (Å²) in [5.74, 6) is -4.97. The topological polar surface area (TPSA) is 321 Å². The largest absolute Gasteiger partial charge is 0.467 e. The van der Waals surface area contributed by atoms with Crippen LogP contribution < -0.4 is 30.4 Å². The summed E-state index contributed by atoms with van der Waals surface area (Å²) in [6.07, 6.45) is -10.8. The number of aliphatic hydroxyl groups is 1. The van der Waals surface area contributed by atoms with Crippen molar-refractivity contribution in [3.8, 4) is 39.8 Å². The molecule has 1 fully saturated rings. The Morgan fingerprint density at radius 1 is 0.798 bits per heavy atom. The van der Waals surface area contributed by atoms with Gasteiger partial charge in [0.1, 0.15) is 25.6 Å². The van der Waals surface area contributed by atoms with E-state index in [1.54, 1.807) is 32.0 Å². The predicted octanol–water partition coefficient (Wildman–Crippen LogP) is 5.91. The lowest BCUT2D eigenvalue weighted by molar-refractivity contribution is -0.282. The van der Waals surface area contributed by atoms with Crippen LogP contribution in [0.2, 0.25) is 0 Å². The van der Waals surface area contributed by atoms with Crippen molar-refractivity contribution < 1.29 is 95.6 Å². The van der Waals surface area contributed by atoms with Crippen molar-refractivity contribution >= 4 is 64.5 Å². The Kier molecular flexibility index (Phi) is 17.0. The SMILES string of the molecule is CCN(Cc1c2c(nc3cc4c(cc13)OCO4)-c1cc3c(c(=O)n1C2)COC(=O)[C@]3(O)CC)C(=O)OCc1ccc(O[C@@H]2O[C@H](C(=O)OC)[C@@H](OC(C)=O)[C@H](OC(C)=O)[C@H]2OC(C)=O)c(NC(=O)CCNC(=O)OCC2c3ccccc3-c3ccccc32)c1. The smallest absolute Gasteiger partial charge is 0.410 e. The third-order valence-corrected chi connectivity index (χ3v) is 16.0. The molecule has 1 saturated heterocycles. The number of hydrogen-bond acceptors (Lipinski definition) is 22. The number of rotatable bonds is 18. The molecule has 6 atom stereocenters. The molecule has 26 heteroatoms. The highest BCUT2D eigenvalue weighted by atomic mass is 16.7. The number of aromatic nitrogens is 2. The minimum absolute atomic E-state index is 0.0109. The molecule has 5 aliphatic rings. The van der Waals surface area contributed by atoms with Crippen molar-refractivity contribution in [2.24, 2.45) is 0 Å². The number of fused-ring (bicyclic) bond motifs is 9. The van der Waals surface area contributed by atoms with Gasteiger partial charge in [0.15, 0.2) is 35.4 Å². The van der Waals surface area contributed by atoms with Gasteiger partial charge in [-0.1, -0.05) is 61.5 Å². The minimum atomic E-state index is -2.08. The second-order valence-corrected chi connectivity index (χ2v) is 21.5. The van der Waals surface area contributed by atoms with Gasteiger partial charge in [-0.2, -0.15) is 0 Å². The Morgan fingerprint density at radius 2 is 1.47 bits per heavy atom. The molecule has 3 amide bonds. The lowest BCUT2D eigenvalue weighted by atomic mass is 9.86. The van der Waals surface area contributed by atoms with E-state index in [1.165, 1.54) is 27.7 Å². The lowest BCUT2D eigenvalue weighted by Gasteiger charge is -2.43. The van der Waals surface area contributed by atoms with Gasteiger partial charge in [0, 0.05) is 68.8 Å². The maximum atomic E-state index is 14.4. The third-order valence-electron chi connectivity index (χ3n) is 16.0. The standard InChI is InChI=1S/C63H61N5O21/c1-7-63(78)44-23-47-52-41(26-68(47)57(73)43(44)29-80-60(63)75)40(39-22-49-50(84-30-83-49)24-45(39)66-52)25-67(8-2)62(77)82-27-34-17-18-48(88-59-56(87-33(5)71)54(86-32(4)70)53(85-31(3)69)55(89-59)58(74)79-6)46(21-34)65-51(72)19-20-64-61(76)81-28-42-37-15-11-9-13-35(37)36-14-10-12-16-38(36)42/h9-18,21-24,42,53-56,59,78H,7-8,19-20,25-30H2,1-6H3,(H,64,76)(H,65,72)/t53-,54-,55-,56+,59+,63-/m0/s1. The van der Waals surface area contributed by atoms with E-state index >= 15 is 0 Å². The van der Waals surface area contributed by atoms with Crippen molar-refractivity contribution in [2.75, 3.05) is 38.9 Å². The average Bonchev–Trinajstić information content (AvgIpc) is 1.63. The number of anilines is 1. The number of nitrogens with one attached hydrogen (secondary N) is 2. The second-order valence-electron chi connectivity index (χ2n) is 21.5. The zero-order valence-electron chi connectivity index (χ0n) is 49.1. The van der Waals surface area contributed by atoms with Gasteiger partial charge in [-0.25, -0.2) is 24.2 Å². The fraction of sp³-hybridized carbons (Fsp3) is 0.365. The number of nitrogens with zero attached hydrogens (tertiary/aromatic N) is 3. The van der Waals surface area contributed by atoms with Gasteiger partial charge in [-0.05, 0) is 71.0 Å². The molecule has 0 radical (unpaired) electrons. The number of benzene rings is 4. The first-order chi connectivity index (χ1) is 42.8. The summed E-state index contributed by atoms with van der Waals surface area (Å²) < 4.78 is 63.6. The van der Waals surface area contributed by atoms with Gasteiger partial charge >= 0.3 is 42.0 Å². The van der Waals surface area contributed by atoms with E-state index in [0.29, 0.717) is 44.9 Å². The molecule has 464 valence electrons. The Bertz CT molecular complexity index is 3910. The summed E-state index contributed by atoms with van der Waals surface area (Å²) in [6, 6.07) is 24.9. The van der Waals surface area contributed by atoms with Crippen LogP contribution in [0.25, 0.3) is 33.4 Å². The van der Waals surface area contributed by atoms with Gasteiger partial charge in [-0.3, -0.25) is 24.0 Å². The first-order valence-corrected chi connectivity index (χ1v) is 28.6. The number of carbonyl (C=O) groups is 8. The van der Waals surface area contributed by atoms with Crippen LogP contribution in [0.4, 0.5) is 15.3 Å². The third kappa shape index (κ3) is 11.8. The number of ether oxygens (including phenoxy) is 11. The van der Waals surface area contributed by atoms with E-state index in [0.717, 1.165) is 50.1 Å². The summed E-state index contributed by atoms with van der Waals surface area (Å²) in [6.45, 7) is 5.50. The summed E-state index contributed by atoms with van der Waals surface area (Å²) in [5.41, 5.74) is 4.32. The predicted molar refractivity (Wildman–Crippen MR) is 308 cm³/mol. The maximum absolute atomic E-state index is 14.4. The summed E-state index contributed by atoms with van der Waals surface area (Å²) in [7, 11) is 1.03. The van der Waals surface area contributed by atoms with E-state index in [1.807, 2.05) is 48.5 Å². The number of pyridine rings is 2. The van der Waals surface area contributed by atoms with Crippen LogP contribution in [0.3, 0.4) is 0 Å². The summed E-state index contributed by atoms with van der Waals surface area (Å²) in [5, 5.41) is 17.5. The molecule has 26 nitrogen and oxygen atoms in total. The molecule has 4 aliphatic heterocycles. The van der Waals surface area contributed by atoms with Crippen LogP contribution >= 0.6 is 0 Å². The number of cyclic esters (lactones) is 1. The number of methoxy groups -OCH3 is 1. The van der Waals surface area contributed by atoms with Crippen molar-refractivity contribution in [2.45, 2.75) is 116 Å². The Balaban J connectivity index is 0.855. The molecule has 1 aliphatic carbocycles. The average molecular weight is 1220 g/mol. The van der Waals surface area contributed by atoms with E-state index in [-0.39, 0.29) is 93.1 Å². The zero-order valence-corrected chi connectivity index (χ0v) is 49.1. The van der Waals surface area contributed by atoms with Crippen molar-refractivity contribution in [3.05, 3.63) is 134 Å². The van der Waals surface area contributed by atoms with Crippen molar-refractivity contribution in [3.63, 3.8) is 0 Å². The molecule has 0 saturated carbocycles. The van der Waals surface area contributed by atoms with Gasteiger partial charge in [0.2, 0.25) is 25.1 Å². The fourth-order valence-electron chi connectivity index (χ4n) is 11.8. The molecule has 6 heterocycles. The summed E-state index contributed by atoms with van der Waals surface area (Å²) >= 11 is 0. The molecular formula is C63H61N5O21. The fourth-order valence-corrected chi connectivity index (χ4v) is 11.8. The number of hydrogen-bond donors (Lipinski definition) is 3. The monoisotopic (exact) mass is 1220 g/mol. The Labute approximate surface area is 507 Å². The van der Waals surface area contributed by atoms with E-state index < -0.39 is 96.4 Å². The van der Waals surface area contributed by atoms with Crippen molar-refractivity contribution in [1.29, 1.82) is 0 Å². The minimum Gasteiger partial charge on any atom is -0.467 e. The molecule has 11 rings (SSSR count). The van der Waals surface area contributed by atoms with Crippen LogP contribution in [-0.4, -0.2) is 132 Å². The quantitative estimate of drug-likeness (QED) is 0.0664. The molecule has 0 spiro atoms. The molecule has 89 heavy (non-hydrogen) atoms. The van der Waals surface area contributed by atoms with Crippen LogP contribution in [0.1, 0.15) is 92.3 Å². The molecule has 6 aromatic rings. The Morgan fingerprint density at radius 3 is 2.15 bits per heavy atom. The normalized spacial score (nSPS) is 19.9. The number of carbonyl (C=O) groups excluding carboxylic acids is 8. The summed E-state index contributed by atoms with van der Waals surface area (Å²) in [4.78, 5) is 126. The van der Waals surface area contributed by atoms with Crippen molar-refractivity contribution in [1.82, 2.24) is 19.8 Å². The van der Waals surface area contributed by atoms with Gasteiger partial charge in [-0.15, -0.1) is 0 Å². The highest BCUT2D eigenvalue weighted by Gasteiger charge is 2.56. The number of esters is 5. The van der Waals surface area contributed by atoms with Crippen LogP contribution in [-0.2, 0) is 98.6 Å². The van der Waals surface area contributed by atoms with E-state index in [2.05, 4.69) is 10.6 Å². The van der Waals surface area contributed by atoms with Gasteiger partial charge < -0.3 is 77.3 Å². The number of alkyl carbamates (subject to hydrolysis) is 1. The molecule has 0 bridgehead atoms.